The molecule has 9 heteroatoms. The van der Waals surface area contributed by atoms with Crippen molar-refractivity contribution < 1.29 is 31.4 Å². The molecule has 0 aromatic heterocycles. The monoisotopic (exact) mass is 323 g/mol. The number of aliphatic hydroxyl groups excluding tert-OH is 1. The number of halogens is 7. The molecule has 3 N–H and O–H groups in total. The summed E-state index contributed by atoms with van der Waals surface area (Å²) in [7, 11) is 0. The number of nitrogens with two attached hydrogens (primary N) is 1. The number of alkyl halides is 6. The van der Waals surface area contributed by atoms with Gasteiger partial charge in [0.05, 0.1) is 11.7 Å². The first-order valence-corrected chi connectivity index (χ1v) is 5.19. The molecule has 1 rings (SSSR count). The summed E-state index contributed by atoms with van der Waals surface area (Å²) in [5.41, 5.74) is 3.83. The van der Waals surface area contributed by atoms with Gasteiger partial charge in [0.25, 0.3) is 0 Å². The number of rotatable bonds is 3. The van der Waals surface area contributed by atoms with Gasteiger partial charge in [-0.1, -0.05) is 12.1 Å². The first kappa shape index (κ1) is 19.0. The lowest BCUT2D eigenvalue weighted by atomic mass is 10.0. The fraction of sp³-hybridized carbons (Fsp3) is 0.455. The van der Waals surface area contributed by atoms with Crippen LogP contribution in [0.25, 0.3) is 0 Å². The minimum atomic E-state index is -4.66. The van der Waals surface area contributed by atoms with Crippen LogP contribution in [-0.2, 0) is 6.18 Å². The Balaban J connectivity index is 0.00000361. The third kappa shape index (κ3) is 5.18. The van der Waals surface area contributed by atoms with Crippen molar-refractivity contribution >= 4 is 12.4 Å². The van der Waals surface area contributed by atoms with Gasteiger partial charge < -0.3 is 10.8 Å². The van der Waals surface area contributed by atoms with Crippen LogP contribution in [-0.4, -0.2) is 17.3 Å². The lowest BCUT2D eigenvalue weighted by Crippen LogP contribution is -2.38. The van der Waals surface area contributed by atoms with Crippen LogP contribution in [0.5, 0.6) is 0 Å². The van der Waals surface area contributed by atoms with Crippen molar-refractivity contribution in [3.05, 3.63) is 35.4 Å². The topological polar surface area (TPSA) is 46.2 Å². The van der Waals surface area contributed by atoms with Crippen LogP contribution < -0.4 is 5.73 Å². The van der Waals surface area contributed by atoms with E-state index in [0.29, 0.717) is 12.1 Å². The molecular weight excluding hydrogens is 312 g/mol. The zero-order valence-electron chi connectivity index (χ0n) is 9.87. The number of hydrogen-bond acceptors (Lipinski definition) is 2. The van der Waals surface area contributed by atoms with Gasteiger partial charge in [-0.05, 0) is 17.7 Å². The van der Waals surface area contributed by atoms with Crippen molar-refractivity contribution in [3.8, 4) is 0 Å². The molecule has 0 aliphatic heterocycles. The predicted octanol–water partition coefficient (Wildman–Crippen LogP) is 3.44. The van der Waals surface area contributed by atoms with Gasteiger partial charge in [0.2, 0.25) is 0 Å². The average Bonchev–Trinajstić information content (AvgIpc) is 2.26. The normalized spacial score (nSPS) is 15.4. The van der Waals surface area contributed by atoms with E-state index >= 15 is 0 Å². The lowest BCUT2D eigenvalue weighted by molar-refractivity contribution is -0.153. The second-order valence-electron chi connectivity index (χ2n) is 4.02. The summed E-state index contributed by atoms with van der Waals surface area (Å²) in [4.78, 5) is 0. The molecule has 2 nitrogen and oxygen atoms in total. The van der Waals surface area contributed by atoms with Gasteiger partial charge in [0, 0.05) is 6.42 Å². The largest absolute Gasteiger partial charge is 0.416 e. The third-order valence-corrected chi connectivity index (χ3v) is 2.52. The summed E-state index contributed by atoms with van der Waals surface area (Å²) in [6.45, 7) is 0. The number of hydrogen-bond donors (Lipinski definition) is 2. The molecule has 0 aliphatic carbocycles. The van der Waals surface area contributed by atoms with E-state index in [1.54, 1.807) is 0 Å². The molecule has 0 heterocycles. The summed E-state index contributed by atoms with van der Waals surface area (Å²) in [5, 5.41) is 9.49. The van der Waals surface area contributed by atoms with E-state index in [4.69, 9.17) is 5.73 Å². The zero-order valence-corrected chi connectivity index (χ0v) is 10.7. The first-order chi connectivity index (χ1) is 8.51. The summed E-state index contributed by atoms with van der Waals surface area (Å²) in [5.74, 6) is 0. The SMILES string of the molecule is Cl.N[C@H](C[C@H](O)c1ccc(C(F)(F)F)cc1)C(F)(F)F. The highest BCUT2D eigenvalue weighted by atomic mass is 35.5. The maximum absolute atomic E-state index is 12.3. The Morgan fingerprint density at radius 2 is 1.45 bits per heavy atom. The molecule has 20 heavy (non-hydrogen) atoms. The molecular formula is C11H12ClF6NO. The Morgan fingerprint density at radius 3 is 1.80 bits per heavy atom. The minimum absolute atomic E-state index is 0. The Bertz CT molecular complexity index is 416. The van der Waals surface area contributed by atoms with Crippen LogP contribution in [0.2, 0.25) is 0 Å². The Morgan fingerprint density at radius 1 is 1.00 bits per heavy atom. The Hall–Kier alpha value is -0.990. The number of benzene rings is 1. The molecule has 0 amide bonds. The van der Waals surface area contributed by atoms with E-state index in [1.165, 1.54) is 0 Å². The highest BCUT2D eigenvalue weighted by Crippen LogP contribution is 2.31. The van der Waals surface area contributed by atoms with Gasteiger partial charge in [0.1, 0.15) is 6.04 Å². The van der Waals surface area contributed by atoms with E-state index in [-0.39, 0.29) is 18.0 Å². The molecule has 1 aromatic carbocycles. The van der Waals surface area contributed by atoms with Crippen molar-refractivity contribution in [1.29, 1.82) is 0 Å². The maximum Gasteiger partial charge on any atom is 0.416 e. The third-order valence-electron chi connectivity index (χ3n) is 2.52. The lowest BCUT2D eigenvalue weighted by Gasteiger charge is -2.19. The molecule has 0 fully saturated rings. The number of aliphatic hydroxyl groups is 1. The maximum atomic E-state index is 12.3. The van der Waals surface area contributed by atoms with Crippen molar-refractivity contribution in [2.45, 2.75) is 30.9 Å². The highest BCUT2D eigenvalue weighted by Gasteiger charge is 2.38. The van der Waals surface area contributed by atoms with E-state index in [0.717, 1.165) is 12.1 Å². The molecule has 0 bridgehead atoms. The highest BCUT2D eigenvalue weighted by molar-refractivity contribution is 5.85. The summed E-state index contributed by atoms with van der Waals surface area (Å²) >= 11 is 0. The molecule has 0 spiro atoms. The van der Waals surface area contributed by atoms with E-state index in [2.05, 4.69) is 0 Å². The van der Waals surface area contributed by atoms with Crippen molar-refractivity contribution in [2.24, 2.45) is 5.73 Å². The van der Waals surface area contributed by atoms with Gasteiger partial charge in [0.15, 0.2) is 0 Å². The van der Waals surface area contributed by atoms with E-state index in [1.807, 2.05) is 0 Å². The van der Waals surface area contributed by atoms with Gasteiger partial charge >= 0.3 is 12.4 Å². The van der Waals surface area contributed by atoms with Crippen LogP contribution in [0.4, 0.5) is 26.3 Å². The van der Waals surface area contributed by atoms with Crippen LogP contribution in [0.15, 0.2) is 24.3 Å². The van der Waals surface area contributed by atoms with Crippen LogP contribution in [0.1, 0.15) is 23.7 Å². The zero-order chi connectivity index (χ0) is 14.8. The van der Waals surface area contributed by atoms with Gasteiger partial charge in [-0.2, -0.15) is 26.3 Å². The van der Waals surface area contributed by atoms with E-state index in [9.17, 15) is 31.4 Å². The van der Waals surface area contributed by atoms with Crippen molar-refractivity contribution in [2.75, 3.05) is 0 Å². The van der Waals surface area contributed by atoms with Crippen LogP contribution >= 0.6 is 12.4 Å². The molecule has 0 aliphatic rings. The second kappa shape index (κ2) is 6.64. The fourth-order valence-corrected chi connectivity index (χ4v) is 1.40. The van der Waals surface area contributed by atoms with Crippen molar-refractivity contribution in [3.63, 3.8) is 0 Å². The molecule has 0 unspecified atom stereocenters. The predicted molar refractivity (Wildman–Crippen MR) is 62.3 cm³/mol. The standard InChI is InChI=1S/C11H11F6NO.ClH/c12-10(13,14)7-3-1-6(2-4-7)8(19)5-9(18)11(15,16)17;/h1-4,8-9,19H,5,18H2;1H/t8-,9+;/m0./s1. The van der Waals surface area contributed by atoms with Gasteiger partial charge in [-0.3, -0.25) is 0 Å². The minimum Gasteiger partial charge on any atom is -0.388 e. The van der Waals surface area contributed by atoms with Crippen LogP contribution in [0.3, 0.4) is 0 Å². The summed E-state index contributed by atoms with van der Waals surface area (Å²) < 4.78 is 73.2. The second-order valence-corrected chi connectivity index (χ2v) is 4.02. The average molecular weight is 324 g/mol. The molecule has 2 atom stereocenters. The molecule has 0 saturated carbocycles. The molecule has 0 saturated heterocycles. The summed E-state index contributed by atoms with van der Waals surface area (Å²) in [6, 6.07) is 1.01. The van der Waals surface area contributed by atoms with Gasteiger partial charge in [-0.15, -0.1) is 12.4 Å². The van der Waals surface area contributed by atoms with Crippen molar-refractivity contribution in [1.82, 2.24) is 0 Å². The Kier molecular flexibility index (Phi) is 6.31. The molecule has 1 aromatic rings. The first-order valence-electron chi connectivity index (χ1n) is 5.19. The van der Waals surface area contributed by atoms with Crippen LogP contribution in [0, 0.1) is 0 Å². The summed E-state index contributed by atoms with van der Waals surface area (Å²) in [6.07, 6.45) is -11.6. The quantitative estimate of drug-likeness (QED) is 0.837. The Labute approximate surface area is 117 Å². The molecule has 116 valence electrons. The van der Waals surface area contributed by atoms with Gasteiger partial charge in [-0.25, -0.2) is 0 Å². The van der Waals surface area contributed by atoms with E-state index < -0.39 is 36.5 Å². The fourth-order valence-electron chi connectivity index (χ4n) is 1.40. The molecule has 0 radical (unpaired) electrons. The smallest absolute Gasteiger partial charge is 0.388 e.